The molecule has 10 heavy (non-hydrogen) atoms. The molecule has 1 fully saturated rings. The van der Waals surface area contributed by atoms with E-state index in [1.165, 1.54) is 12.8 Å². The topological polar surface area (TPSA) is 6.48 Å². The molecular weight excluding hydrogens is 148 g/mol. The fourth-order valence-electron chi connectivity index (χ4n) is 1.27. The third kappa shape index (κ3) is 1.84. The lowest BCUT2D eigenvalue weighted by Crippen LogP contribution is -2.38. The van der Waals surface area contributed by atoms with Crippen molar-refractivity contribution in [2.75, 3.05) is 27.2 Å². The Balaban J connectivity index is 2.46. The van der Waals surface area contributed by atoms with E-state index in [9.17, 15) is 0 Å². The molecule has 0 aromatic rings. The molecule has 0 radical (unpaired) electrons. The third-order valence-corrected chi connectivity index (χ3v) is 2.67. The van der Waals surface area contributed by atoms with Crippen LogP contribution in [0.1, 0.15) is 12.8 Å². The van der Waals surface area contributed by atoms with Crippen molar-refractivity contribution in [3.8, 4) is 0 Å². The molecule has 0 aromatic carbocycles. The van der Waals surface area contributed by atoms with Gasteiger partial charge in [-0.1, -0.05) is 11.6 Å². The Morgan fingerprint density at radius 2 is 1.50 bits per heavy atom. The van der Waals surface area contributed by atoms with E-state index in [0.29, 0.717) is 0 Å². The van der Waals surface area contributed by atoms with E-state index in [1.807, 2.05) is 0 Å². The molecule has 0 spiro atoms. The quantitative estimate of drug-likeness (QED) is 0.390. The molecule has 0 saturated carbocycles. The van der Waals surface area contributed by atoms with Crippen LogP contribution in [0, 0.1) is 0 Å². The van der Waals surface area contributed by atoms with Crippen molar-refractivity contribution in [3.05, 3.63) is 0 Å². The molecule has 1 aliphatic rings. The van der Waals surface area contributed by atoms with Gasteiger partial charge < -0.3 is 0 Å². The number of rotatable bonds is 0. The molecule has 1 rings (SSSR count). The summed E-state index contributed by atoms with van der Waals surface area (Å²) in [6.07, 6.45) is 2.54. The molecule has 1 heterocycles. The lowest BCUT2D eigenvalue weighted by atomic mass is 10.3. The highest BCUT2D eigenvalue weighted by molar-refractivity contribution is 6.20. The van der Waals surface area contributed by atoms with Gasteiger partial charge in [0.05, 0.1) is 0 Å². The Kier molecular flexibility index (Phi) is 2.96. The fourth-order valence-corrected chi connectivity index (χ4v) is 1.47. The summed E-state index contributed by atoms with van der Waals surface area (Å²) in [5.74, 6) is 0. The molecule has 1 aliphatic heterocycles. The highest BCUT2D eigenvalue weighted by atomic mass is 35.5. The van der Waals surface area contributed by atoms with Gasteiger partial charge in [-0.25, -0.2) is 0 Å². The zero-order valence-electron chi connectivity index (χ0n) is 6.68. The number of nitrogens with zero attached hydrogens (tertiary/aromatic N) is 2. The summed E-state index contributed by atoms with van der Waals surface area (Å²) in [5, 5.41) is 0. The molecular formula is C7H15ClN2. The van der Waals surface area contributed by atoms with Crippen LogP contribution in [0.15, 0.2) is 0 Å². The molecule has 2 nitrogen and oxygen atoms in total. The Morgan fingerprint density at radius 1 is 1.10 bits per heavy atom. The lowest BCUT2D eigenvalue weighted by Gasteiger charge is -2.26. The van der Waals surface area contributed by atoms with Crippen molar-refractivity contribution in [2.45, 2.75) is 18.5 Å². The number of alkyl halides is 1. The third-order valence-electron chi connectivity index (χ3n) is 2.00. The minimum absolute atomic E-state index is 0.0995. The summed E-state index contributed by atoms with van der Waals surface area (Å²) in [4.78, 5) is 4.35. The smallest absolute Gasteiger partial charge is 0.139 e. The van der Waals surface area contributed by atoms with E-state index in [2.05, 4.69) is 23.9 Å². The molecule has 3 heteroatoms. The van der Waals surface area contributed by atoms with E-state index in [0.717, 1.165) is 13.1 Å². The van der Waals surface area contributed by atoms with Crippen molar-refractivity contribution < 1.29 is 0 Å². The molecule has 1 saturated heterocycles. The van der Waals surface area contributed by atoms with Gasteiger partial charge >= 0.3 is 0 Å². The van der Waals surface area contributed by atoms with Crippen molar-refractivity contribution in [2.24, 2.45) is 0 Å². The van der Waals surface area contributed by atoms with Crippen LogP contribution >= 0.6 is 11.6 Å². The van der Waals surface area contributed by atoms with Crippen LogP contribution in [0.4, 0.5) is 0 Å². The fraction of sp³-hybridized carbons (Fsp3) is 1.00. The Bertz CT molecular complexity index is 95.8. The van der Waals surface area contributed by atoms with Gasteiger partial charge in [-0.05, 0) is 26.9 Å². The molecule has 0 amide bonds. The van der Waals surface area contributed by atoms with Gasteiger partial charge in [0.1, 0.15) is 5.62 Å². The van der Waals surface area contributed by atoms with Crippen LogP contribution in [0.5, 0.6) is 0 Å². The maximum atomic E-state index is 6.07. The first-order valence-corrected chi connectivity index (χ1v) is 4.20. The summed E-state index contributed by atoms with van der Waals surface area (Å²) in [6.45, 7) is 2.25. The zero-order chi connectivity index (χ0) is 7.56. The van der Waals surface area contributed by atoms with Crippen molar-refractivity contribution >= 4 is 11.6 Å². The highest BCUT2D eigenvalue weighted by Gasteiger charge is 2.18. The number of hydrogen-bond donors (Lipinski definition) is 0. The second-order valence-electron chi connectivity index (χ2n) is 2.98. The minimum atomic E-state index is 0.0995. The predicted octanol–water partition coefficient (Wildman–Crippen LogP) is 1.17. The van der Waals surface area contributed by atoms with E-state index in [1.54, 1.807) is 0 Å². The van der Waals surface area contributed by atoms with Crippen LogP contribution < -0.4 is 0 Å². The van der Waals surface area contributed by atoms with Crippen molar-refractivity contribution in [3.63, 3.8) is 0 Å². The predicted molar refractivity (Wildman–Crippen MR) is 44.1 cm³/mol. The van der Waals surface area contributed by atoms with Gasteiger partial charge in [0.25, 0.3) is 0 Å². The molecule has 0 unspecified atom stereocenters. The summed E-state index contributed by atoms with van der Waals surface area (Å²) in [6, 6.07) is 0. The maximum absolute atomic E-state index is 6.07. The minimum Gasteiger partial charge on any atom is -0.278 e. The van der Waals surface area contributed by atoms with Gasteiger partial charge in [-0.15, -0.1) is 0 Å². The molecule has 0 atom stereocenters. The first-order chi connectivity index (χ1) is 4.72. The maximum Gasteiger partial charge on any atom is 0.139 e. The van der Waals surface area contributed by atoms with Gasteiger partial charge in [0, 0.05) is 13.1 Å². The second-order valence-corrected chi connectivity index (χ2v) is 3.37. The first-order valence-electron chi connectivity index (χ1n) is 3.76. The Morgan fingerprint density at radius 3 is 1.90 bits per heavy atom. The second kappa shape index (κ2) is 3.56. The Labute approximate surface area is 67.7 Å². The summed E-state index contributed by atoms with van der Waals surface area (Å²) >= 11 is 6.07. The lowest BCUT2D eigenvalue weighted by molar-refractivity contribution is 0.174. The largest absolute Gasteiger partial charge is 0.278 e. The van der Waals surface area contributed by atoms with Crippen molar-refractivity contribution in [1.82, 2.24) is 9.80 Å². The van der Waals surface area contributed by atoms with Crippen LogP contribution in [0.25, 0.3) is 0 Å². The van der Waals surface area contributed by atoms with Crippen LogP contribution in [0.2, 0.25) is 0 Å². The zero-order valence-corrected chi connectivity index (χ0v) is 7.43. The highest BCUT2D eigenvalue weighted by Crippen LogP contribution is 2.12. The average Bonchev–Trinajstić information content (AvgIpc) is 2.04. The number of halogens is 1. The van der Waals surface area contributed by atoms with Gasteiger partial charge in [-0.2, -0.15) is 0 Å². The standard InChI is InChI=1S/C7H15ClN2/c1-9-5-3-4-6-10(2)7(9)8/h7H,3-6H2,1-2H3. The Hall–Kier alpha value is 0.210. The van der Waals surface area contributed by atoms with Gasteiger partial charge in [-0.3, -0.25) is 9.80 Å². The normalized spacial score (nSPS) is 26.7. The first kappa shape index (κ1) is 8.31. The average molecular weight is 163 g/mol. The van der Waals surface area contributed by atoms with Crippen molar-refractivity contribution in [1.29, 1.82) is 0 Å². The van der Waals surface area contributed by atoms with Crippen LogP contribution in [0.3, 0.4) is 0 Å². The van der Waals surface area contributed by atoms with E-state index in [4.69, 9.17) is 11.6 Å². The molecule has 0 aliphatic carbocycles. The molecule has 0 N–H and O–H groups in total. The van der Waals surface area contributed by atoms with Crippen LogP contribution in [-0.4, -0.2) is 42.6 Å². The van der Waals surface area contributed by atoms with Gasteiger partial charge in [0.15, 0.2) is 0 Å². The SMILES string of the molecule is CN1CCCCN(C)C1Cl. The molecule has 60 valence electrons. The van der Waals surface area contributed by atoms with Gasteiger partial charge in [0.2, 0.25) is 0 Å². The monoisotopic (exact) mass is 162 g/mol. The summed E-state index contributed by atoms with van der Waals surface area (Å²) in [5.41, 5.74) is 0.0995. The molecule has 0 bridgehead atoms. The summed E-state index contributed by atoms with van der Waals surface area (Å²) < 4.78 is 0. The molecule has 0 aromatic heterocycles. The summed E-state index contributed by atoms with van der Waals surface area (Å²) in [7, 11) is 4.14. The van der Waals surface area contributed by atoms with E-state index < -0.39 is 0 Å². The number of hydrogen-bond acceptors (Lipinski definition) is 2. The van der Waals surface area contributed by atoms with E-state index in [-0.39, 0.29) is 5.62 Å². The van der Waals surface area contributed by atoms with Crippen LogP contribution in [-0.2, 0) is 0 Å². The van der Waals surface area contributed by atoms with E-state index >= 15 is 0 Å².